The Kier molecular flexibility index (Phi) is 10.2. The summed E-state index contributed by atoms with van der Waals surface area (Å²) in [5, 5.41) is 2.53. The van der Waals surface area contributed by atoms with Crippen LogP contribution in [0.1, 0.15) is 38.8 Å². The summed E-state index contributed by atoms with van der Waals surface area (Å²) < 4.78 is 69.3. The quantitative estimate of drug-likeness (QED) is 0.287. The summed E-state index contributed by atoms with van der Waals surface area (Å²) in [5.74, 6) is -1.35. The second kappa shape index (κ2) is 12.9. The van der Waals surface area contributed by atoms with Crippen molar-refractivity contribution >= 4 is 50.7 Å². The Morgan fingerprint density at radius 1 is 0.929 bits per heavy atom. The van der Waals surface area contributed by atoms with Gasteiger partial charge in [0.05, 0.1) is 21.2 Å². The molecule has 0 aromatic heterocycles. The predicted octanol–water partition coefficient (Wildman–Crippen LogP) is 6.54. The van der Waals surface area contributed by atoms with Crippen molar-refractivity contribution < 1.29 is 31.2 Å². The largest absolute Gasteiger partial charge is 0.417 e. The van der Waals surface area contributed by atoms with Crippen molar-refractivity contribution in [1.29, 1.82) is 0 Å². The molecule has 0 saturated carbocycles. The normalized spacial score (nSPS) is 12.9. The first kappa shape index (κ1) is 33.2. The second-order valence-electron chi connectivity index (χ2n) is 10.6. The zero-order chi connectivity index (χ0) is 31.5. The van der Waals surface area contributed by atoms with Gasteiger partial charge in [-0.05, 0) is 75.7 Å². The molecule has 7 nitrogen and oxygen atoms in total. The Balaban J connectivity index is 2.12. The molecule has 0 heterocycles. The molecule has 13 heteroatoms. The van der Waals surface area contributed by atoms with Gasteiger partial charge >= 0.3 is 6.18 Å². The Morgan fingerprint density at radius 2 is 1.57 bits per heavy atom. The van der Waals surface area contributed by atoms with E-state index in [1.807, 2.05) is 0 Å². The lowest BCUT2D eigenvalue weighted by molar-refractivity contribution is -0.140. The van der Waals surface area contributed by atoms with Gasteiger partial charge in [-0.15, -0.1) is 0 Å². The van der Waals surface area contributed by atoms with Crippen LogP contribution in [0.15, 0.2) is 77.7 Å². The molecule has 0 fully saturated rings. The van der Waals surface area contributed by atoms with Crippen LogP contribution >= 0.6 is 23.2 Å². The van der Waals surface area contributed by atoms with Crippen LogP contribution in [0.2, 0.25) is 10.0 Å². The molecule has 0 aliphatic rings. The molecule has 0 radical (unpaired) electrons. The molecule has 0 bridgehead atoms. The Morgan fingerprint density at radius 3 is 2.14 bits per heavy atom. The first-order chi connectivity index (χ1) is 19.4. The number of hydrogen-bond donors (Lipinski definition) is 1. The Labute approximate surface area is 253 Å². The topological polar surface area (TPSA) is 86.8 Å². The summed E-state index contributed by atoms with van der Waals surface area (Å²) in [7, 11) is -4.56. The van der Waals surface area contributed by atoms with Crippen LogP contribution in [0.25, 0.3) is 0 Å². The molecular weight excluding hydrogens is 614 g/mol. The lowest BCUT2D eigenvalue weighted by Crippen LogP contribution is -2.54. The number of benzene rings is 3. The average Bonchev–Trinajstić information content (AvgIpc) is 2.89. The van der Waals surface area contributed by atoms with Crippen LogP contribution in [0.3, 0.4) is 0 Å². The molecule has 2 amide bonds. The van der Waals surface area contributed by atoms with E-state index < -0.39 is 62.4 Å². The van der Waals surface area contributed by atoms with E-state index >= 15 is 0 Å². The van der Waals surface area contributed by atoms with E-state index in [4.69, 9.17) is 23.2 Å². The van der Waals surface area contributed by atoms with Gasteiger partial charge in [0.1, 0.15) is 12.6 Å². The fraction of sp³-hybridized carbons (Fsp3) is 0.310. The molecule has 0 saturated heterocycles. The third-order valence-electron chi connectivity index (χ3n) is 6.06. The molecule has 1 atom stereocenters. The molecule has 42 heavy (non-hydrogen) atoms. The van der Waals surface area contributed by atoms with Crippen molar-refractivity contribution in [2.24, 2.45) is 0 Å². The molecule has 1 unspecified atom stereocenters. The summed E-state index contributed by atoms with van der Waals surface area (Å²) in [4.78, 5) is 27.9. The van der Waals surface area contributed by atoms with Gasteiger partial charge in [-0.3, -0.25) is 13.9 Å². The maximum absolute atomic E-state index is 13.9. The average molecular weight is 645 g/mol. The summed E-state index contributed by atoms with van der Waals surface area (Å²) in [5.41, 5.74) is -1.79. The summed E-state index contributed by atoms with van der Waals surface area (Å²) >= 11 is 11.9. The number of amides is 2. The van der Waals surface area contributed by atoms with E-state index in [9.17, 15) is 31.2 Å². The fourth-order valence-corrected chi connectivity index (χ4v) is 5.89. The highest BCUT2D eigenvalue weighted by atomic mass is 35.5. The van der Waals surface area contributed by atoms with Crippen molar-refractivity contribution in [2.45, 2.75) is 56.9 Å². The maximum Gasteiger partial charge on any atom is 0.417 e. The van der Waals surface area contributed by atoms with E-state index in [1.165, 1.54) is 31.2 Å². The molecule has 3 aromatic rings. The number of carbonyl (C=O) groups excluding carboxylic acids is 2. The van der Waals surface area contributed by atoms with Crippen LogP contribution in [0.5, 0.6) is 0 Å². The number of rotatable bonds is 9. The van der Waals surface area contributed by atoms with Gasteiger partial charge < -0.3 is 10.2 Å². The Bertz CT molecular complexity index is 1550. The standard InChI is InChI=1S/C29H30Cl2F3N3O4S/c1-19(27(39)35-28(2,3)4)36(17-20-9-8-10-21(30)15-20)26(38)18-37(42(40,41)23-11-6-5-7-12-23)22-13-14-25(31)24(16-22)29(32,33)34/h5-16,19H,17-18H2,1-4H3,(H,35,39). The third-order valence-corrected chi connectivity index (χ3v) is 8.41. The van der Waals surface area contributed by atoms with E-state index in [0.29, 0.717) is 21.0 Å². The van der Waals surface area contributed by atoms with Crippen LogP contribution in [0, 0.1) is 0 Å². The molecule has 3 aromatic carbocycles. The van der Waals surface area contributed by atoms with Crippen molar-refractivity contribution in [2.75, 3.05) is 10.8 Å². The van der Waals surface area contributed by atoms with Gasteiger partial charge in [0, 0.05) is 17.1 Å². The number of anilines is 1. The van der Waals surface area contributed by atoms with Gasteiger partial charge in [0.25, 0.3) is 10.0 Å². The monoisotopic (exact) mass is 643 g/mol. The number of halogens is 5. The van der Waals surface area contributed by atoms with Crippen molar-refractivity contribution in [3.8, 4) is 0 Å². The summed E-state index contributed by atoms with van der Waals surface area (Å²) in [6, 6.07) is 15.0. The van der Waals surface area contributed by atoms with Gasteiger partial charge in [0.2, 0.25) is 11.8 Å². The van der Waals surface area contributed by atoms with Crippen LogP contribution in [0.4, 0.5) is 18.9 Å². The van der Waals surface area contributed by atoms with E-state index in [0.717, 1.165) is 17.0 Å². The van der Waals surface area contributed by atoms with Gasteiger partial charge in [-0.2, -0.15) is 13.2 Å². The highest BCUT2D eigenvalue weighted by Crippen LogP contribution is 2.38. The van der Waals surface area contributed by atoms with Gasteiger partial charge in [0.15, 0.2) is 0 Å². The van der Waals surface area contributed by atoms with Crippen LogP contribution in [-0.4, -0.2) is 43.3 Å². The van der Waals surface area contributed by atoms with Crippen molar-refractivity contribution in [3.05, 3.63) is 94.0 Å². The minimum absolute atomic E-state index is 0.133. The third kappa shape index (κ3) is 8.39. The first-order valence-electron chi connectivity index (χ1n) is 12.7. The number of nitrogens with zero attached hydrogens (tertiary/aromatic N) is 2. The summed E-state index contributed by atoms with van der Waals surface area (Å²) in [6.07, 6.45) is -4.89. The fourth-order valence-electron chi connectivity index (χ4n) is 4.02. The minimum Gasteiger partial charge on any atom is -0.350 e. The zero-order valence-electron chi connectivity index (χ0n) is 23.2. The smallest absolute Gasteiger partial charge is 0.350 e. The zero-order valence-corrected chi connectivity index (χ0v) is 25.6. The van der Waals surface area contributed by atoms with Crippen LogP contribution in [-0.2, 0) is 32.3 Å². The highest BCUT2D eigenvalue weighted by molar-refractivity contribution is 7.92. The maximum atomic E-state index is 13.9. The molecular formula is C29H30Cl2F3N3O4S. The molecule has 0 spiro atoms. The predicted molar refractivity (Wildman–Crippen MR) is 157 cm³/mol. The molecule has 3 rings (SSSR count). The van der Waals surface area contributed by atoms with E-state index in [2.05, 4.69) is 5.32 Å². The number of hydrogen-bond acceptors (Lipinski definition) is 4. The minimum atomic E-state index is -4.89. The number of nitrogens with one attached hydrogen (secondary N) is 1. The van der Waals surface area contributed by atoms with Crippen LogP contribution < -0.4 is 9.62 Å². The number of sulfonamides is 1. The van der Waals surface area contributed by atoms with Gasteiger partial charge in [-0.1, -0.05) is 53.5 Å². The van der Waals surface area contributed by atoms with E-state index in [-0.39, 0.29) is 11.4 Å². The Hall–Kier alpha value is -3.28. The first-order valence-corrected chi connectivity index (χ1v) is 14.9. The van der Waals surface area contributed by atoms with Crippen molar-refractivity contribution in [3.63, 3.8) is 0 Å². The van der Waals surface area contributed by atoms with Gasteiger partial charge in [-0.25, -0.2) is 8.42 Å². The molecule has 0 aliphatic carbocycles. The van der Waals surface area contributed by atoms with E-state index in [1.54, 1.807) is 51.1 Å². The summed E-state index contributed by atoms with van der Waals surface area (Å²) in [6.45, 7) is 5.70. The molecule has 0 aliphatic heterocycles. The number of carbonyl (C=O) groups is 2. The lowest BCUT2D eigenvalue weighted by atomic mass is 10.1. The molecule has 1 N–H and O–H groups in total. The second-order valence-corrected chi connectivity index (χ2v) is 13.3. The SMILES string of the molecule is CC(C(=O)NC(C)(C)C)N(Cc1cccc(Cl)c1)C(=O)CN(c1ccc(Cl)c(C(F)(F)F)c1)S(=O)(=O)c1ccccc1. The molecule has 226 valence electrons. The number of alkyl halides is 3. The van der Waals surface area contributed by atoms with Crippen molar-refractivity contribution in [1.82, 2.24) is 10.2 Å². The lowest BCUT2D eigenvalue weighted by Gasteiger charge is -2.33. The highest BCUT2D eigenvalue weighted by Gasteiger charge is 2.37.